The molecule has 1 saturated heterocycles. The van der Waals surface area contributed by atoms with Gasteiger partial charge in [0, 0.05) is 6.04 Å². The van der Waals surface area contributed by atoms with E-state index in [1.54, 1.807) is 11.4 Å². The third kappa shape index (κ3) is 4.06. The second-order valence-corrected chi connectivity index (χ2v) is 11.3. The lowest BCUT2D eigenvalue weighted by Gasteiger charge is -2.19. The Bertz CT molecular complexity index is 662. The summed E-state index contributed by atoms with van der Waals surface area (Å²) in [5.41, 5.74) is 0. The molecule has 1 aromatic heterocycles. The van der Waals surface area contributed by atoms with Crippen LogP contribution in [0, 0.1) is 5.92 Å². The highest BCUT2D eigenvalue weighted by molar-refractivity contribution is 7.97. The van der Waals surface area contributed by atoms with E-state index in [1.807, 2.05) is 0 Å². The SMILES string of the molecule is CC(C)CCN[C@@H]1CS(=O)(=O)C[C@H]1S(=O)(=O)c1cccs1. The van der Waals surface area contributed by atoms with Crippen LogP contribution in [0.4, 0.5) is 0 Å². The van der Waals surface area contributed by atoms with Crippen LogP contribution in [0.15, 0.2) is 21.7 Å². The molecule has 8 heteroatoms. The average Bonchev–Trinajstić information content (AvgIpc) is 2.96. The van der Waals surface area contributed by atoms with E-state index in [4.69, 9.17) is 0 Å². The fourth-order valence-electron chi connectivity index (χ4n) is 2.44. The summed E-state index contributed by atoms with van der Waals surface area (Å²) in [6.07, 6.45) is 0.891. The lowest BCUT2D eigenvalue weighted by molar-refractivity contribution is 0.483. The highest BCUT2D eigenvalue weighted by atomic mass is 32.2. The maximum absolute atomic E-state index is 12.6. The highest BCUT2D eigenvalue weighted by Gasteiger charge is 2.45. The molecule has 0 aliphatic carbocycles. The quantitative estimate of drug-likeness (QED) is 0.836. The van der Waals surface area contributed by atoms with Gasteiger partial charge in [-0.15, -0.1) is 11.3 Å². The largest absolute Gasteiger partial charge is 0.312 e. The Morgan fingerprint density at radius 2 is 2.10 bits per heavy atom. The minimum atomic E-state index is -3.59. The molecule has 120 valence electrons. The molecule has 2 atom stereocenters. The van der Waals surface area contributed by atoms with Crippen LogP contribution in [0.1, 0.15) is 20.3 Å². The molecule has 0 unspecified atom stereocenters. The second-order valence-electron chi connectivity index (χ2n) is 5.84. The zero-order chi connectivity index (χ0) is 15.7. The molecule has 1 fully saturated rings. The summed E-state index contributed by atoms with van der Waals surface area (Å²) in [5, 5.41) is 3.94. The highest BCUT2D eigenvalue weighted by Crippen LogP contribution is 2.28. The van der Waals surface area contributed by atoms with Gasteiger partial charge in [0.2, 0.25) is 0 Å². The standard InChI is InChI=1S/C13H21NO4S3/c1-10(2)5-6-14-11-8-20(15,16)9-12(11)21(17,18)13-4-3-7-19-13/h3-4,7,10-12,14H,5-6,8-9H2,1-2H3/t11-,12-/m1/s1. The molecule has 21 heavy (non-hydrogen) atoms. The Balaban J connectivity index is 2.19. The lowest BCUT2D eigenvalue weighted by atomic mass is 10.1. The smallest absolute Gasteiger partial charge is 0.193 e. The molecule has 0 spiro atoms. The van der Waals surface area contributed by atoms with Crippen molar-refractivity contribution < 1.29 is 16.8 Å². The number of hydrogen-bond acceptors (Lipinski definition) is 6. The Morgan fingerprint density at radius 1 is 1.38 bits per heavy atom. The first-order valence-electron chi connectivity index (χ1n) is 6.93. The van der Waals surface area contributed by atoms with Gasteiger partial charge in [-0.1, -0.05) is 19.9 Å². The van der Waals surface area contributed by atoms with Crippen molar-refractivity contribution in [2.75, 3.05) is 18.1 Å². The number of sulfone groups is 2. The minimum absolute atomic E-state index is 0.0969. The van der Waals surface area contributed by atoms with Gasteiger partial charge in [-0.3, -0.25) is 0 Å². The number of hydrogen-bond donors (Lipinski definition) is 1. The summed E-state index contributed by atoms with van der Waals surface area (Å²) in [5.74, 6) is 0.107. The summed E-state index contributed by atoms with van der Waals surface area (Å²) in [6.45, 7) is 4.79. The van der Waals surface area contributed by atoms with Gasteiger partial charge in [-0.25, -0.2) is 16.8 Å². The van der Waals surface area contributed by atoms with Crippen molar-refractivity contribution in [2.45, 2.75) is 35.8 Å². The third-order valence-electron chi connectivity index (χ3n) is 3.60. The van der Waals surface area contributed by atoms with E-state index in [1.165, 1.54) is 6.07 Å². The second kappa shape index (κ2) is 6.36. The molecule has 2 heterocycles. The van der Waals surface area contributed by atoms with Crippen molar-refractivity contribution in [1.82, 2.24) is 5.32 Å². The maximum atomic E-state index is 12.6. The minimum Gasteiger partial charge on any atom is -0.312 e. The van der Waals surface area contributed by atoms with E-state index in [0.717, 1.165) is 17.8 Å². The lowest BCUT2D eigenvalue weighted by Crippen LogP contribution is -2.43. The molecule has 2 rings (SSSR count). The number of thiophene rings is 1. The first kappa shape index (κ1) is 16.9. The van der Waals surface area contributed by atoms with Gasteiger partial charge < -0.3 is 5.32 Å². The van der Waals surface area contributed by atoms with Crippen LogP contribution in [0.5, 0.6) is 0 Å². The van der Waals surface area contributed by atoms with Gasteiger partial charge in [0.25, 0.3) is 0 Å². The Morgan fingerprint density at radius 3 is 2.67 bits per heavy atom. The van der Waals surface area contributed by atoms with Gasteiger partial charge in [0.05, 0.1) is 16.8 Å². The van der Waals surface area contributed by atoms with Crippen LogP contribution in [-0.2, 0) is 19.7 Å². The van der Waals surface area contributed by atoms with Gasteiger partial charge >= 0.3 is 0 Å². The van der Waals surface area contributed by atoms with E-state index < -0.39 is 31.0 Å². The zero-order valence-corrected chi connectivity index (χ0v) is 14.6. The third-order valence-corrected chi connectivity index (χ3v) is 9.18. The van der Waals surface area contributed by atoms with Gasteiger partial charge in [0.1, 0.15) is 4.21 Å². The maximum Gasteiger partial charge on any atom is 0.193 e. The van der Waals surface area contributed by atoms with Crippen molar-refractivity contribution in [2.24, 2.45) is 5.92 Å². The molecule has 0 saturated carbocycles. The van der Waals surface area contributed by atoms with Crippen LogP contribution < -0.4 is 5.32 Å². The van der Waals surface area contributed by atoms with Crippen molar-refractivity contribution in [3.8, 4) is 0 Å². The van der Waals surface area contributed by atoms with Crippen LogP contribution in [0.3, 0.4) is 0 Å². The molecule has 0 bridgehead atoms. The summed E-state index contributed by atoms with van der Waals surface area (Å²) >= 11 is 1.14. The molecule has 0 radical (unpaired) electrons. The average molecular weight is 352 g/mol. The van der Waals surface area contributed by atoms with Gasteiger partial charge in [-0.2, -0.15) is 0 Å². The molecule has 1 aromatic rings. The van der Waals surface area contributed by atoms with Gasteiger partial charge in [-0.05, 0) is 30.3 Å². The molecule has 1 N–H and O–H groups in total. The van der Waals surface area contributed by atoms with Crippen LogP contribution in [0.2, 0.25) is 0 Å². The van der Waals surface area contributed by atoms with Crippen molar-refractivity contribution in [1.29, 1.82) is 0 Å². The van der Waals surface area contributed by atoms with E-state index >= 15 is 0 Å². The Hall–Kier alpha value is -0.440. The van der Waals surface area contributed by atoms with Crippen LogP contribution in [-0.4, -0.2) is 46.2 Å². The van der Waals surface area contributed by atoms with E-state index in [2.05, 4.69) is 19.2 Å². The fourth-order valence-corrected chi connectivity index (χ4v) is 8.38. The van der Waals surface area contributed by atoms with Gasteiger partial charge in [0.15, 0.2) is 19.7 Å². The van der Waals surface area contributed by atoms with E-state index in [-0.39, 0.29) is 15.7 Å². The predicted octanol–water partition coefficient (Wildman–Crippen LogP) is 1.32. The Kier molecular flexibility index (Phi) is 5.12. The molecule has 1 aliphatic rings. The zero-order valence-electron chi connectivity index (χ0n) is 12.2. The first-order chi connectivity index (χ1) is 9.72. The molecule has 0 amide bonds. The molecular weight excluding hydrogens is 330 g/mol. The monoisotopic (exact) mass is 351 g/mol. The van der Waals surface area contributed by atoms with Crippen molar-refractivity contribution in [3.63, 3.8) is 0 Å². The normalized spacial score (nSPS) is 25.5. The summed E-state index contributed by atoms with van der Waals surface area (Å²) in [7, 11) is -6.90. The number of nitrogens with one attached hydrogen (secondary N) is 1. The molecule has 1 aliphatic heterocycles. The number of rotatable bonds is 6. The van der Waals surface area contributed by atoms with Crippen molar-refractivity contribution >= 4 is 31.0 Å². The van der Waals surface area contributed by atoms with E-state index in [9.17, 15) is 16.8 Å². The van der Waals surface area contributed by atoms with Crippen LogP contribution in [0.25, 0.3) is 0 Å². The fraction of sp³-hybridized carbons (Fsp3) is 0.692. The van der Waals surface area contributed by atoms with Crippen LogP contribution >= 0.6 is 11.3 Å². The molecule has 0 aromatic carbocycles. The summed E-state index contributed by atoms with van der Waals surface area (Å²) < 4.78 is 49.2. The summed E-state index contributed by atoms with van der Waals surface area (Å²) in [6, 6.07) is 2.69. The topological polar surface area (TPSA) is 80.3 Å². The first-order valence-corrected chi connectivity index (χ1v) is 11.2. The van der Waals surface area contributed by atoms with Crippen molar-refractivity contribution in [3.05, 3.63) is 17.5 Å². The molecule has 5 nitrogen and oxygen atoms in total. The molecular formula is C13H21NO4S3. The predicted molar refractivity (Wildman–Crippen MR) is 85.2 cm³/mol. The summed E-state index contributed by atoms with van der Waals surface area (Å²) in [4.78, 5) is 0. The van der Waals surface area contributed by atoms with E-state index in [0.29, 0.717) is 12.5 Å². The Labute approximate surface area is 130 Å².